The fraction of sp³-hybridized carbons (Fsp3) is 0.412. The quantitative estimate of drug-likeness (QED) is 0.683. The molecule has 3 aromatic rings. The standard InChI is InChI=1S/C17H19N5O3S/c1-2-6-22-7-5-12(19-22)17(23)21-8-9-24-13(11-21)16-18-15(20-25-16)14-4-3-10-26-14/h3-5,7,10,13H,2,6,8-9,11H2,1H3/t13-/m0/s1. The van der Waals surface area contributed by atoms with Crippen molar-refractivity contribution in [1.29, 1.82) is 0 Å². The lowest BCUT2D eigenvalue weighted by atomic mass is 10.2. The molecule has 4 heterocycles. The summed E-state index contributed by atoms with van der Waals surface area (Å²) >= 11 is 1.54. The van der Waals surface area contributed by atoms with Gasteiger partial charge < -0.3 is 14.2 Å². The number of rotatable bonds is 5. The first-order chi connectivity index (χ1) is 12.7. The zero-order chi connectivity index (χ0) is 17.9. The van der Waals surface area contributed by atoms with Crippen molar-refractivity contribution in [3.8, 4) is 10.7 Å². The first kappa shape index (κ1) is 16.9. The first-order valence-electron chi connectivity index (χ1n) is 8.56. The monoisotopic (exact) mass is 373 g/mol. The molecule has 0 spiro atoms. The number of hydrogen-bond acceptors (Lipinski definition) is 7. The van der Waals surface area contributed by atoms with E-state index in [9.17, 15) is 4.79 Å². The summed E-state index contributed by atoms with van der Waals surface area (Å²) in [6.07, 6.45) is 2.38. The maximum Gasteiger partial charge on any atom is 0.274 e. The molecular formula is C17H19N5O3S. The molecular weight excluding hydrogens is 354 g/mol. The lowest BCUT2D eigenvalue weighted by Gasteiger charge is -2.30. The van der Waals surface area contributed by atoms with Gasteiger partial charge in [0.15, 0.2) is 6.10 Å². The molecule has 1 aliphatic rings. The number of morpholine rings is 1. The lowest BCUT2D eigenvalue weighted by molar-refractivity contribution is -0.0369. The molecule has 0 bridgehead atoms. The predicted octanol–water partition coefficient (Wildman–Crippen LogP) is 2.62. The molecule has 1 atom stereocenters. The number of aromatic nitrogens is 4. The summed E-state index contributed by atoms with van der Waals surface area (Å²) in [5.41, 5.74) is 0.448. The van der Waals surface area contributed by atoms with Gasteiger partial charge >= 0.3 is 0 Å². The van der Waals surface area contributed by atoms with Crippen LogP contribution in [-0.2, 0) is 11.3 Å². The number of hydrogen-bond donors (Lipinski definition) is 0. The van der Waals surface area contributed by atoms with Gasteiger partial charge in [0, 0.05) is 19.3 Å². The summed E-state index contributed by atoms with van der Waals surface area (Å²) < 4.78 is 12.9. The number of carbonyl (C=O) groups is 1. The third-order valence-corrected chi connectivity index (χ3v) is 4.99. The van der Waals surface area contributed by atoms with Gasteiger partial charge in [0.25, 0.3) is 11.8 Å². The van der Waals surface area contributed by atoms with E-state index in [2.05, 4.69) is 22.2 Å². The Balaban J connectivity index is 1.46. The van der Waals surface area contributed by atoms with Crippen molar-refractivity contribution >= 4 is 17.2 Å². The normalized spacial score (nSPS) is 17.6. The highest BCUT2D eigenvalue weighted by Gasteiger charge is 2.31. The summed E-state index contributed by atoms with van der Waals surface area (Å²) in [6.45, 7) is 4.17. The van der Waals surface area contributed by atoms with Crippen LogP contribution in [0.25, 0.3) is 10.7 Å². The number of ether oxygens (including phenoxy) is 1. The summed E-state index contributed by atoms with van der Waals surface area (Å²) in [5, 5.41) is 10.3. The minimum absolute atomic E-state index is 0.105. The molecule has 4 rings (SSSR count). The van der Waals surface area contributed by atoms with Crippen molar-refractivity contribution in [1.82, 2.24) is 24.8 Å². The Morgan fingerprint density at radius 3 is 3.15 bits per heavy atom. The summed E-state index contributed by atoms with van der Waals surface area (Å²) in [5.74, 6) is 0.828. The van der Waals surface area contributed by atoms with Gasteiger partial charge in [-0.3, -0.25) is 9.48 Å². The topological polar surface area (TPSA) is 86.3 Å². The smallest absolute Gasteiger partial charge is 0.274 e. The van der Waals surface area contributed by atoms with E-state index in [4.69, 9.17) is 9.26 Å². The first-order valence-corrected chi connectivity index (χ1v) is 9.44. The Hall–Kier alpha value is -2.52. The average Bonchev–Trinajstić information content (AvgIpc) is 3.41. The maximum atomic E-state index is 12.7. The Morgan fingerprint density at radius 1 is 1.42 bits per heavy atom. The highest BCUT2D eigenvalue weighted by atomic mass is 32.1. The molecule has 0 N–H and O–H groups in total. The number of aryl methyl sites for hydroxylation is 1. The molecule has 26 heavy (non-hydrogen) atoms. The van der Waals surface area contributed by atoms with Crippen LogP contribution in [0.1, 0.15) is 35.8 Å². The van der Waals surface area contributed by atoms with Gasteiger partial charge in [-0.1, -0.05) is 18.1 Å². The van der Waals surface area contributed by atoms with Crippen molar-refractivity contribution in [2.45, 2.75) is 26.0 Å². The van der Waals surface area contributed by atoms with E-state index in [1.165, 1.54) is 0 Å². The van der Waals surface area contributed by atoms with Crippen LogP contribution in [-0.4, -0.2) is 50.4 Å². The minimum atomic E-state index is -0.424. The molecule has 0 saturated carbocycles. The molecule has 8 nitrogen and oxygen atoms in total. The molecule has 1 amide bonds. The second-order valence-electron chi connectivity index (χ2n) is 6.01. The van der Waals surface area contributed by atoms with Crippen LogP contribution < -0.4 is 0 Å². The summed E-state index contributed by atoms with van der Waals surface area (Å²) in [4.78, 5) is 19.8. The summed E-state index contributed by atoms with van der Waals surface area (Å²) in [7, 11) is 0. The van der Waals surface area contributed by atoms with E-state index < -0.39 is 6.10 Å². The Morgan fingerprint density at radius 2 is 2.35 bits per heavy atom. The van der Waals surface area contributed by atoms with Gasteiger partial charge in [-0.15, -0.1) is 11.3 Å². The SMILES string of the molecule is CCCn1ccc(C(=O)N2CCO[C@H](c3nc(-c4cccs4)no3)C2)n1. The van der Waals surface area contributed by atoms with E-state index >= 15 is 0 Å². The zero-order valence-electron chi connectivity index (χ0n) is 14.4. The molecule has 0 radical (unpaired) electrons. The molecule has 0 unspecified atom stereocenters. The second kappa shape index (κ2) is 7.38. The van der Waals surface area contributed by atoms with Crippen LogP contribution >= 0.6 is 11.3 Å². The molecule has 1 saturated heterocycles. The van der Waals surface area contributed by atoms with Crippen LogP contribution in [0.15, 0.2) is 34.3 Å². The Bertz CT molecular complexity index is 873. The van der Waals surface area contributed by atoms with Crippen molar-refractivity contribution in [3.05, 3.63) is 41.4 Å². The Kier molecular flexibility index (Phi) is 4.81. The van der Waals surface area contributed by atoms with Gasteiger partial charge in [-0.05, 0) is 23.9 Å². The molecule has 1 fully saturated rings. The van der Waals surface area contributed by atoms with E-state index in [1.807, 2.05) is 23.7 Å². The third-order valence-electron chi connectivity index (χ3n) is 4.12. The van der Waals surface area contributed by atoms with Crippen molar-refractivity contribution in [2.75, 3.05) is 19.7 Å². The molecule has 0 aliphatic carbocycles. The number of thiophene rings is 1. The highest BCUT2D eigenvalue weighted by Crippen LogP contribution is 2.26. The molecule has 0 aromatic carbocycles. The van der Waals surface area contributed by atoms with Crippen LogP contribution in [0.2, 0.25) is 0 Å². The van der Waals surface area contributed by atoms with Crippen molar-refractivity contribution in [2.24, 2.45) is 0 Å². The molecule has 9 heteroatoms. The number of amides is 1. The fourth-order valence-electron chi connectivity index (χ4n) is 2.85. The average molecular weight is 373 g/mol. The lowest BCUT2D eigenvalue weighted by Crippen LogP contribution is -2.42. The van der Waals surface area contributed by atoms with Crippen molar-refractivity contribution < 1.29 is 14.1 Å². The maximum absolute atomic E-state index is 12.7. The van der Waals surface area contributed by atoms with Gasteiger partial charge in [0.1, 0.15) is 5.69 Å². The molecule has 3 aromatic heterocycles. The number of nitrogens with zero attached hydrogens (tertiary/aromatic N) is 5. The largest absolute Gasteiger partial charge is 0.365 e. The second-order valence-corrected chi connectivity index (χ2v) is 6.96. The van der Waals surface area contributed by atoms with Gasteiger partial charge in [0.05, 0.1) is 18.0 Å². The van der Waals surface area contributed by atoms with E-state index in [-0.39, 0.29) is 5.91 Å². The van der Waals surface area contributed by atoms with Crippen LogP contribution in [0.5, 0.6) is 0 Å². The third kappa shape index (κ3) is 3.40. The highest BCUT2D eigenvalue weighted by molar-refractivity contribution is 7.13. The van der Waals surface area contributed by atoms with E-state index in [0.717, 1.165) is 17.8 Å². The van der Waals surface area contributed by atoms with E-state index in [0.29, 0.717) is 37.1 Å². The van der Waals surface area contributed by atoms with Crippen LogP contribution in [0, 0.1) is 0 Å². The zero-order valence-corrected chi connectivity index (χ0v) is 15.2. The van der Waals surface area contributed by atoms with Crippen LogP contribution in [0.4, 0.5) is 0 Å². The molecule has 1 aliphatic heterocycles. The number of carbonyl (C=O) groups excluding carboxylic acids is 1. The Labute approximate surface area is 154 Å². The summed E-state index contributed by atoms with van der Waals surface area (Å²) in [6, 6.07) is 5.62. The fourth-order valence-corrected chi connectivity index (χ4v) is 3.50. The van der Waals surface area contributed by atoms with Crippen molar-refractivity contribution in [3.63, 3.8) is 0 Å². The van der Waals surface area contributed by atoms with Gasteiger partial charge in [-0.25, -0.2) is 0 Å². The minimum Gasteiger partial charge on any atom is -0.365 e. The van der Waals surface area contributed by atoms with Gasteiger partial charge in [-0.2, -0.15) is 10.1 Å². The van der Waals surface area contributed by atoms with Gasteiger partial charge in [0.2, 0.25) is 5.82 Å². The van der Waals surface area contributed by atoms with Crippen LogP contribution in [0.3, 0.4) is 0 Å². The molecule has 136 valence electrons. The predicted molar refractivity (Wildman–Crippen MR) is 94.7 cm³/mol. The van der Waals surface area contributed by atoms with E-state index in [1.54, 1.807) is 27.0 Å².